The normalized spacial score (nSPS) is 10.1. The molecule has 0 fully saturated rings. The van der Waals surface area contributed by atoms with Gasteiger partial charge in [-0.05, 0) is 0 Å². The van der Waals surface area contributed by atoms with E-state index in [1.807, 2.05) is 0 Å². The Morgan fingerprint density at radius 2 is 1.27 bits per heavy atom. The molecule has 2 aromatic rings. The van der Waals surface area contributed by atoms with E-state index in [1.54, 1.807) is 11.1 Å². The van der Waals surface area contributed by atoms with Crippen molar-refractivity contribution < 1.29 is 17.1 Å². The molecule has 1 heteroatoms. The van der Waals surface area contributed by atoms with Crippen LogP contribution in [0.5, 0.6) is 0 Å². The van der Waals surface area contributed by atoms with E-state index >= 15 is 0 Å². The van der Waals surface area contributed by atoms with Crippen molar-refractivity contribution in [2.75, 3.05) is 0 Å². The molecule has 148 valence electrons. The van der Waals surface area contributed by atoms with Crippen molar-refractivity contribution in [1.82, 2.24) is 0 Å². The molecule has 0 atom stereocenters. The summed E-state index contributed by atoms with van der Waals surface area (Å²) in [5.74, 6) is 0. The van der Waals surface area contributed by atoms with Crippen molar-refractivity contribution in [2.45, 2.75) is 97.8 Å². The van der Waals surface area contributed by atoms with Gasteiger partial charge in [0.15, 0.2) is 0 Å². The van der Waals surface area contributed by atoms with Crippen LogP contribution in [0.15, 0.2) is 42.5 Å². The second-order valence-corrected chi connectivity index (χ2v) is 7.29. The second kappa shape index (κ2) is 17.6. The molecule has 0 N–H and O–H groups in total. The van der Waals surface area contributed by atoms with Crippen LogP contribution < -0.4 is 0 Å². The summed E-state index contributed by atoms with van der Waals surface area (Å²) < 4.78 is 0. The predicted molar refractivity (Wildman–Crippen MR) is 114 cm³/mol. The molecule has 0 aliphatic heterocycles. The van der Waals surface area contributed by atoms with Crippen LogP contribution in [0.3, 0.4) is 0 Å². The Labute approximate surface area is 174 Å². The minimum Gasteiger partial charge on any atom is -0.213 e. The van der Waals surface area contributed by atoms with Gasteiger partial charge >= 0.3 is 17.1 Å². The van der Waals surface area contributed by atoms with E-state index in [0.29, 0.717) is 0 Å². The molecule has 0 saturated heterocycles. The van der Waals surface area contributed by atoms with Gasteiger partial charge in [-0.15, -0.1) is 0 Å². The average molecular weight is 396 g/mol. The summed E-state index contributed by atoms with van der Waals surface area (Å²) in [7, 11) is 0. The third-order valence-corrected chi connectivity index (χ3v) is 4.82. The summed E-state index contributed by atoms with van der Waals surface area (Å²) in [4.78, 5) is 0. The van der Waals surface area contributed by atoms with Gasteiger partial charge < -0.3 is 0 Å². The molecule has 0 bridgehead atoms. The summed E-state index contributed by atoms with van der Waals surface area (Å²) in [5, 5.41) is 0. The third-order valence-electron chi connectivity index (χ3n) is 4.82. The van der Waals surface area contributed by atoms with Crippen LogP contribution in [0.1, 0.15) is 95.2 Å². The second-order valence-electron chi connectivity index (χ2n) is 7.29. The van der Waals surface area contributed by atoms with Gasteiger partial charge in [0.05, 0.1) is 0 Å². The quantitative estimate of drug-likeness (QED) is 0.194. The van der Waals surface area contributed by atoms with Crippen LogP contribution in [0.4, 0.5) is 0 Å². The predicted octanol–water partition coefficient (Wildman–Crippen LogP) is 8.01. The molecule has 0 radical (unpaired) electrons. The van der Waals surface area contributed by atoms with Crippen molar-refractivity contribution in [3.8, 4) is 0 Å². The van der Waals surface area contributed by atoms with Crippen molar-refractivity contribution >= 4 is 0 Å². The molecule has 0 heterocycles. The maximum absolute atomic E-state index is 2.41. The topological polar surface area (TPSA) is 0 Å². The molecule has 26 heavy (non-hydrogen) atoms. The monoisotopic (exact) mass is 396 g/mol. The van der Waals surface area contributed by atoms with E-state index in [9.17, 15) is 0 Å². The number of hydrogen-bond acceptors (Lipinski definition) is 0. The molecule has 0 nitrogen and oxygen atoms in total. The standard InChI is InChI=1S/C15H25.C10H15.Fe/c1-3-5-7-9-14-11-12-15(13-14)10-8-6-4-2;1-2-3-4-7-10-8-5-6-9-10;/h11-13H,3-10H2,1-2H3;5-6,8-9H,2-4,7H2,1H3;/q2*-1;+2. The molecule has 0 amide bonds. The number of hydrogen-bond donors (Lipinski definition) is 0. The maximum atomic E-state index is 2.41. The Kier molecular flexibility index (Phi) is 17.1. The molecule has 0 spiro atoms. The average Bonchev–Trinajstić information content (AvgIpc) is 3.29. The first-order chi connectivity index (χ1) is 12.3. The Bertz CT molecular complexity index is 467. The van der Waals surface area contributed by atoms with E-state index in [0.717, 1.165) is 0 Å². The molecular weight excluding hydrogens is 356 g/mol. The van der Waals surface area contributed by atoms with E-state index in [1.165, 1.54) is 82.6 Å². The van der Waals surface area contributed by atoms with Gasteiger partial charge in [0.2, 0.25) is 0 Å². The Balaban J connectivity index is 0.000000497. The first kappa shape index (κ1) is 25.2. The first-order valence-electron chi connectivity index (χ1n) is 10.7. The van der Waals surface area contributed by atoms with E-state index in [4.69, 9.17) is 0 Å². The zero-order valence-corrected chi connectivity index (χ0v) is 18.5. The smallest absolute Gasteiger partial charge is 0.213 e. The first-order valence-corrected chi connectivity index (χ1v) is 10.7. The van der Waals surface area contributed by atoms with Gasteiger partial charge in [-0.2, -0.15) is 41.0 Å². The minimum absolute atomic E-state index is 0. The summed E-state index contributed by atoms with van der Waals surface area (Å²) in [5.41, 5.74) is 4.60. The van der Waals surface area contributed by atoms with E-state index in [-0.39, 0.29) is 17.1 Å². The molecule has 0 saturated carbocycles. The molecule has 0 aliphatic carbocycles. The zero-order chi connectivity index (χ0) is 18.2. The van der Waals surface area contributed by atoms with Crippen LogP contribution in [-0.2, 0) is 36.3 Å². The van der Waals surface area contributed by atoms with Crippen LogP contribution >= 0.6 is 0 Å². The third kappa shape index (κ3) is 12.6. The van der Waals surface area contributed by atoms with Gasteiger partial charge in [-0.3, -0.25) is 0 Å². The molecule has 0 aromatic heterocycles. The van der Waals surface area contributed by atoms with Gasteiger partial charge in [0, 0.05) is 0 Å². The van der Waals surface area contributed by atoms with Crippen molar-refractivity contribution in [1.29, 1.82) is 0 Å². The fraction of sp³-hybridized carbons (Fsp3) is 0.600. The fourth-order valence-electron chi connectivity index (χ4n) is 3.18. The van der Waals surface area contributed by atoms with Gasteiger partial charge in [-0.25, -0.2) is 18.2 Å². The number of aryl methyl sites for hydroxylation is 3. The van der Waals surface area contributed by atoms with Crippen LogP contribution in [0, 0.1) is 0 Å². The van der Waals surface area contributed by atoms with Gasteiger partial charge in [-0.1, -0.05) is 97.8 Å². The summed E-state index contributed by atoms with van der Waals surface area (Å²) >= 11 is 0. The van der Waals surface area contributed by atoms with Crippen LogP contribution in [0.2, 0.25) is 0 Å². The largest absolute Gasteiger partial charge is 2.00 e. The molecule has 2 aromatic carbocycles. The van der Waals surface area contributed by atoms with Crippen molar-refractivity contribution in [3.05, 3.63) is 59.2 Å². The Hall–Kier alpha value is -0.781. The fourth-order valence-corrected chi connectivity index (χ4v) is 3.18. The maximum Gasteiger partial charge on any atom is 2.00 e. The van der Waals surface area contributed by atoms with Crippen molar-refractivity contribution in [2.24, 2.45) is 0 Å². The van der Waals surface area contributed by atoms with E-state index in [2.05, 4.69) is 63.2 Å². The van der Waals surface area contributed by atoms with Gasteiger partial charge in [0.1, 0.15) is 0 Å². The van der Waals surface area contributed by atoms with Crippen LogP contribution in [0.25, 0.3) is 0 Å². The minimum atomic E-state index is 0. The van der Waals surface area contributed by atoms with Gasteiger partial charge in [0.25, 0.3) is 0 Å². The molecule has 2 rings (SSSR count). The van der Waals surface area contributed by atoms with E-state index < -0.39 is 0 Å². The summed E-state index contributed by atoms with van der Waals surface area (Å²) in [6, 6.07) is 15.7. The SMILES string of the molecule is CCCCCc1c[cH-]c(CCCCC)c1.CCCCCc1ccc[cH-]1.[Fe+2]. The molecule has 0 unspecified atom stereocenters. The molecule has 0 aliphatic rings. The Morgan fingerprint density at radius 1 is 0.692 bits per heavy atom. The summed E-state index contributed by atoms with van der Waals surface area (Å²) in [6.45, 7) is 6.77. The number of unbranched alkanes of at least 4 members (excludes halogenated alkanes) is 6. The van der Waals surface area contributed by atoms with Crippen LogP contribution in [-0.4, -0.2) is 0 Å². The van der Waals surface area contributed by atoms with Crippen molar-refractivity contribution in [3.63, 3.8) is 0 Å². The Morgan fingerprint density at radius 3 is 1.81 bits per heavy atom. The number of rotatable bonds is 12. The summed E-state index contributed by atoms with van der Waals surface area (Å²) in [6.07, 6.45) is 16.0. The zero-order valence-electron chi connectivity index (χ0n) is 17.4. The molecular formula is C25H40Fe.